The quantitative estimate of drug-likeness (QED) is 0.401. The largest absolute Gasteiger partial charge is 0.353 e. The monoisotopic (exact) mass is 387 g/mol. The van der Waals surface area contributed by atoms with E-state index in [4.69, 9.17) is 0 Å². The maximum atomic E-state index is 4.61. The van der Waals surface area contributed by atoms with Crippen LogP contribution in [0.15, 0.2) is 91.4 Å². The summed E-state index contributed by atoms with van der Waals surface area (Å²) in [6, 6.07) is 24.7. The molecule has 6 rings (SSSR count). The molecule has 2 aromatic carbocycles. The summed E-state index contributed by atoms with van der Waals surface area (Å²) in [6.07, 6.45) is 5.50. The fourth-order valence-corrected chi connectivity index (χ4v) is 3.97. The van der Waals surface area contributed by atoms with Gasteiger partial charge in [-0.15, -0.1) is 0 Å². The Labute approximate surface area is 172 Å². The Morgan fingerprint density at radius 3 is 2.57 bits per heavy atom. The van der Waals surface area contributed by atoms with E-state index in [0.717, 1.165) is 55.6 Å². The van der Waals surface area contributed by atoms with Crippen LogP contribution in [-0.4, -0.2) is 25.1 Å². The smallest absolute Gasteiger partial charge is 0.116 e. The predicted molar refractivity (Wildman–Crippen MR) is 120 cm³/mol. The minimum Gasteiger partial charge on any atom is -0.353 e. The molecule has 6 aromatic rings. The maximum absolute atomic E-state index is 4.61. The van der Waals surface area contributed by atoms with Crippen molar-refractivity contribution in [2.24, 2.45) is 0 Å². The molecule has 0 spiro atoms. The lowest BCUT2D eigenvalue weighted by Crippen LogP contribution is -1.82. The van der Waals surface area contributed by atoms with E-state index in [9.17, 15) is 0 Å². The average Bonchev–Trinajstić information content (AvgIpc) is 3.43. The van der Waals surface area contributed by atoms with E-state index in [1.807, 2.05) is 36.7 Å². The molecule has 4 aromatic heterocycles. The molecule has 4 heterocycles. The normalized spacial score (nSPS) is 11.3. The Kier molecular flexibility index (Phi) is 3.71. The molecule has 0 bridgehead atoms. The second-order valence-electron chi connectivity index (χ2n) is 7.24. The van der Waals surface area contributed by atoms with Crippen LogP contribution in [0.5, 0.6) is 0 Å². The van der Waals surface area contributed by atoms with Gasteiger partial charge >= 0.3 is 0 Å². The highest BCUT2D eigenvalue weighted by Gasteiger charge is 2.14. The van der Waals surface area contributed by atoms with E-state index in [-0.39, 0.29) is 0 Å². The lowest BCUT2D eigenvalue weighted by atomic mass is 10.0. The third-order valence-electron chi connectivity index (χ3n) is 5.42. The molecule has 0 saturated heterocycles. The summed E-state index contributed by atoms with van der Waals surface area (Å²) in [6.45, 7) is 0. The van der Waals surface area contributed by atoms with Gasteiger partial charge in [0.15, 0.2) is 0 Å². The molecule has 142 valence electrons. The molecule has 0 aliphatic rings. The number of pyridine rings is 2. The summed E-state index contributed by atoms with van der Waals surface area (Å²) in [5.41, 5.74) is 8.20. The van der Waals surface area contributed by atoms with Crippen LogP contribution in [0.4, 0.5) is 0 Å². The Morgan fingerprint density at radius 2 is 1.70 bits per heavy atom. The molecule has 0 amide bonds. The number of hydrogen-bond acceptors (Lipinski definition) is 3. The minimum absolute atomic E-state index is 0.899. The Morgan fingerprint density at radius 1 is 0.700 bits per heavy atom. The van der Waals surface area contributed by atoms with Crippen molar-refractivity contribution in [2.45, 2.75) is 0 Å². The van der Waals surface area contributed by atoms with Crippen LogP contribution < -0.4 is 0 Å². The first-order valence-electron chi connectivity index (χ1n) is 9.79. The summed E-state index contributed by atoms with van der Waals surface area (Å²) in [7, 11) is 0. The fourth-order valence-electron chi connectivity index (χ4n) is 3.97. The first-order valence-corrected chi connectivity index (χ1v) is 9.79. The van der Waals surface area contributed by atoms with Crippen molar-refractivity contribution >= 4 is 21.8 Å². The van der Waals surface area contributed by atoms with Gasteiger partial charge in [0.05, 0.1) is 16.9 Å². The molecule has 0 aliphatic heterocycles. The van der Waals surface area contributed by atoms with Gasteiger partial charge in [0.2, 0.25) is 0 Å². The fraction of sp³-hybridized carbons (Fsp3) is 0. The van der Waals surface area contributed by atoms with Crippen molar-refractivity contribution in [1.82, 2.24) is 25.1 Å². The molecular formula is C25H17N5. The van der Waals surface area contributed by atoms with Gasteiger partial charge in [-0.1, -0.05) is 30.3 Å². The third kappa shape index (κ3) is 2.68. The molecule has 0 saturated carbocycles. The van der Waals surface area contributed by atoms with E-state index < -0.39 is 0 Å². The lowest BCUT2D eigenvalue weighted by Gasteiger charge is -2.02. The number of H-pyrrole nitrogens is 2. The van der Waals surface area contributed by atoms with Crippen LogP contribution in [0, 0.1) is 0 Å². The molecule has 0 aliphatic carbocycles. The first kappa shape index (κ1) is 16.7. The topological polar surface area (TPSA) is 70.2 Å². The zero-order valence-corrected chi connectivity index (χ0v) is 16.0. The summed E-state index contributed by atoms with van der Waals surface area (Å²) >= 11 is 0. The van der Waals surface area contributed by atoms with Crippen LogP contribution in [0.1, 0.15) is 0 Å². The predicted octanol–water partition coefficient (Wildman–Crippen LogP) is 5.84. The number of nitrogens with zero attached hydrogens (tertiary/aromatic N) is 3. The molecule has 0 atom stereocenters. The number of aromatic nitrogens is 5. The van der Waals surface area contributed by atoms with Gasteiger partial charge in [0.1, 0.15) is 5.69 Å². The molecule has 0 unspecified atom stereocenters. The average molecular weight is 387 g/mol. The van der Waals surface area contributed by atoms with E-state index >= 15 is 0 Å². The lowest BCUT2D eigenvalue weighted by molar-refractivity contribution is 1.12. The van der Waals surface area contributed by atoms with Crippen LogP contribution in [-0.2, 0) is 0 Å². The van der Waals surface area contributed by atoms with Crippen molar-refractivity contribution in [2.75, 3.05) is 0 Å². The molecule has 2 N–H and O–H groups in total. The highest BCUT2D eigenvalue weighted by atomic mass is 15.1. The van der Waals surface area contributed by atoms with Crippen LogP contribution in [0.2, 0.25) is 0 Å². The Balaban J connectivity index is 1.52. The molecule has 0 fully saturated rings. The van der Waals surface area contributed by atoms with Crippen LogP contribution in [0.3, 0.4) is 0 Å². The summed E-state index contributed by atoms with van der Waals surface area (Å²) in [4.78, 5) is 12.3. The number of fused-ring (bicyclic) bond motifs is 2. The van der Waals surface area contributed by atoms with Crippen molar-refractivity contribution in [3.05, 3.63) is 91.4 Å². The molecule has 5 heteroatoms. The third-order valence-corrected chi connectivity index (χ3v) is 5.42. The van der Waals surface area contributed by atoms with Gasteiger partial charge < -0.3 is 4.98 Å². The number of nitrogens with one attached hydrogen (secondary N) is 2. The van der Waals surface area contributed by atoms with E-state index in [0.29, 0.717) is 0 Å². The summed E-state index contributed by atoms with van der Waals surface area (Å²) in [5.74, 6) is 0. The molecule has 0 radical (unpaired) electrons. The molecular weight excluding hydrogens is 370 g/mol. The van der Waals surface area contributed by atoms with Gasteiger partial charge in [-0.05, 0) is 48.0 Å². The first-order chi connectivity index (χ1) is 14.9. The van der Waals surface area contributed by atoms with Gasteiger partial charge in [0, 0.05) is 46.0 Å². The number of rotatable bonds is 3. The highest BCUT2D eigenvalue weighted by Crippen LogP contribution is 2.34. The van der Waals surface area contributed by atoms with Gasteiger partial charge in [0.25, 0.3) is 0 Å². The number of aromatic amines is 2. The number of hydrogen-bond donors (Lipinski definition) is 2. The van der Waals surface area contributed by atoms with E-state index in [1.54, 1.807) is 6.20 Å². The Hall–Kier alpha value is -4.25. The molecule has 5 nitrogen and oxygen atoms in total. The van der Waals surface area contributed by atoms with Gasteiger partial charge in [-0.2, -0.15) is 5.10 Å². The zero-order chi connectivity index (χ0) is 19.9. The van der Waals surface area contributed by atoms with Crippen molar-refractivity contribution in [1.29, 1.82) is 0 Å². The van der Waals surface area contributed by atoms with Crippen LogP contribution >= 0.6 is 0 Å². The summed E-state index contributed by atoms with van der Waals surface area (Å²) < 4.78 is 0. The molecule has 30 heavy (non-hydrogen) atoms. The maximum Gasteiger partial charge on any atom is 0.116 e. The SMILES string of the molecule is c1ccc(-c2ccc3[nH]nc(-c4cc5c(-c6cccnc6)cccc5[nH]4)c3c2)nc1. The van der Waals surface area contributed by atoms with Crippen molar-refractivity contribution in [3.63, 3.8) is 0 Å². The van der Waals surface area contributed by atoms with Crippen molar-refractivity contribution < 1.29 is 0 Å². The minimum atomic E-state index is 0.899. The second-order valence-corrected chi connectivity index (χ2v) is 7.24. The summed E-state index contributed by atoms with van der Waals surface area (Å²) in [5, 5.41) is 9.98. The van der Waals surface area contributed by atoms with Gasteiger partial charge in [-0.3, -0.25) is 15.1 Å². The van der Waals surface area contributed by atoms with E-state index in [2.05, 4.69) is 73.7 Å². The number of benzene rings is 2. The van der Waals surface area contributed by atoms with Crippen molar-refractivity contribution in [3.8, 4) is 33.8 Å². The standard InChI is InChI=1S/C25H17N5/c1-2-12-27-21(7-1)16-9-10-23-20(13-16)25(30-29-23)24-14-19-18(6-3-8-22(19)28-24)17-5-4-11-26-15-17/h1-15,28H,(H,29,30). The Bertz CT molecular complexity index is 1480. The second kappa shape index (κ2) is 6.67. The van der Waals surface area contributed by atoms with E-state index in [1.165, 1.54) is 0 Å². The zero-order valence-electron chi connectivity index (χ0n) is 16.0. The van der Waals surface area contributed by atoms with Crippen LogP contribution in [0.25, 0.3) is 55.6 Å². The van der Waals surface area contributed by atoms with Gasteiger partial charge in [-0.25, -0.2) is 0 Å². The highest BCUT2D eigenvalue weighted by molar-refractivity contribution is 6.01.